The summed E-state index contributed by atoms with van der Waals surface area (Å²) in [4.78, 5) is 22.2. The van der Waals surface area contributed by atoms with Crippen molar-refractivity contribution in [1.29, 1.82) is 0 Å². The van der Waals surface area contributed by atoms with Gasteiger partial charge < -0.3 is 15.8 Å². The highest BCUT2D eigenvalue weighted by molar-refractivity contribution is 9.10. The Hall–Kier alpha value is -1.82. The molecule has 0 aliphatic rings. The van der Waals surface area contributed by atoms with Crippen LogP contribution in [0.5, 0.6) is 0 Å². The van der Waals surface area contributed by atoms with E-state index in [0.29, 0.717) is 5.69 Å². The molecule has 1 aromatic carbocycles. The summed E-state index contributed by atoms with van der Waals surface area (Å²) in [6.07, 6.45) is 1.00. The molecule has 6 heteroatoms. The molecule has 90 valence electrons. The molecule has 17 heavy (non-hydrogen) atoms. The van der Waals surface area contributed by atoms with E-state index in [4.69, 9.17) is 5.73 Å². The van der Waals surface area contributed by atoms with E-state index in [-0.39, 0.29) is 5.70 Å². The number of nitrogens with one attached hydrogen (secondary N) is 1. The van der Waals surface area contributed by atoms with Crippen molar-refractivity contribution >= 4 is 33.5 Å². The molecule has 0 saturated carbocycles. The van der Waals surface area contributed by atoms with E-state index >= 15 is 0 Å². The van der Waals surface area contributed by atoms with Gasteiger partial charge in [-0.15, -0.1) is 0 Å². The van der Waals surface area contributed by atoms with Gasteiger partial charge in [-0.25, -0.2) is 4.79 Å². The second kappa shape index (κ2) is 6.05. The fourth-order valence-electron chi connectivity index (χ4n) is 1.05. The highest BCUT2D eigenvalue weighted by Crippen LogP contribution is 2.22. The molecule has 1 amide bonds. The largest absolute Gasteiger partial charge is 0.466 e. The Morgan fingerprint density at radius 1 is 1.41 bits per heavy atom. The minimum absolute atomic E-state index is 0.0382. The number of halogens is 1. The van der Waals surface area contributed by atoms with Gasteiger partial charge in [0, 0.05) is 4.47 Å². The smallest absolute Gasteiger partial charge is 0.332 e. The minimum Gasteiger partial charge on any atom is -0.466 e. The molecule has 0 bridgehead atoms. The van der Waals surface area contributed by atoms with Gasteiger partial charge in [0.25, 0.3) is 5.91 Å². The van der Waals surface area contributed by atoms with Crippen LogP contribution in [-0.4, -0.2) is 19.0 Å². The zero-order chi connectivity index (χ0) is 12.8. The van der Waals surface area contributed by atoms with Gasteiger partial charge in [0.2, 0.25) is 0 Å². The topological polar surface area (TPSA) is 81.4 Å². The van der Waals surface area contributed by atoms with E-state index in [1.807, 2.05) is 6.07 Å². The lowest BCUT2D eigenvalue weighted by atomic mass is 10.3. The van der Waals surface area contributed by atoms with Crippen LogP contribution in [-0.2, 0) is 14.3 Å². The molecule has 0 aromatic heterocycles. The second-order valence-electron chi connectivity index (χ2n) is 3.05. The standard InChI is InChI=1S/C11H11BrN2O3/c1-17-10(15)6-9(11(13)16)14-8-5-3-2-4-7(8)12/h2-6,14H,1H3,(H2,13,16)/b9-6-. The van der Waals surface area contributed by atoms with Crippen LogP contribution < -0.4 is 11.1 Å². The molecule has 0 aliphatic carbocycles. The first-order valence-electron chi connectivity index (χ1n) is 4.65. The second-order valence-corrected chi connectivity index (χ2v) is 3.90. The van der Waals surface area contributed by atoms with Crippen molar-refractivity contribution in [2.75, 3.05) is 12.4 Å². The van der Waals surface area contributed by atoms with E-state index in [9.17, 15) is 9.59 Å². The Labute approximate surface area is 107 Å². The fourth-order valence-corrected chi connectivity index (χ4v) is 1.44. The maximum atomic E-state index is 11.1. The number of hydrogen-bond acceptors (Lipinski definition) is 4. The zero-order valence-electron chi connectivity index (χ0n) is 9.07. The molecule has 0 unspecified atom stereocenters. The molecule has 1 rings (SSSR count). The number of rotatable bonds is 4. The van der Waals surface area contributed by atoms with E-state index < -0.39 is 11.9 Å². The molecule has 0 aliphatic heterocycles. The van der Waals surface area contributed by atoms with Crippen molar-refractivity contribution in [3.63, 3.8) is 0 Å². The number of amides is 1. The number of esters is 1. The molecule has 5 nitrogen and oxygen atoms in total. The summed E-state index contributed by atoms with van der Waals surface area (Å²) >= 11 is 3.30. The van der Waals surface area contributed by atoms with Gasteiger partial charge in [0.05, 0.1) is 18.9 Å². The van der Waals surface area contributed by atoms with Crippen LogP contribution in [0.4, 0.5) is 5.69 Å². The van der Waals surface area contributed by atoms with E-state index in [1.165, 1.54) is 7.11 Å². The molecular formula is C11H11BrN2O3. The number of carbonyl (C=O) groups excluding carboxylic acids is 2. The van der Waals surface area contributed by atoms with E-state index in [2.05, 4.69) is 26.0 Å². The maximum absolute atomic E-state index is 11.1. The Balaban J connectivity index is 2.96. The first-order valence-corrected chi connectivity index (χ1v) is 5.45. The van der Waals surface area contributed by atoms with Gasteiger partial charge in [0.1, 0.15) is 5.70 Å². The summed E-state index contributed by atoms with van der Waals surface area (Å²) < 4.78 is 5.17. The predicted octanol–water partition coefficient (Wildman–Crippen LogP) is 1.40. The molecule has 0 spiro atoms. The van der Waals surface area contributed by atoms with E-state index in [1.54, 1.807) is 18.2 Å². The Morgan fingerprint density at radius 3 is 2.59 bits per heavy atom. The van der Waals surface area contributed by atoms with Gasteiger partial charge in [-0.2, -0.15) is 0 Å². The predicted molar refractivity (Wildman–Crippen MR) is 67.1 cm³/mol. The summed E-state index contributed by atoms with van der Waals surface area (Å²) in [6, 6.07) is 7.13. The third kappa shape index (κ3) is 3.92. The van der Waals surface area contributed by atoms with Gasteiger partial charge in [0.15, 0.2) is 0 Å². The normalized spacial score (nSPS) is 10.8. The van der Waals surface area contributed by atoms with Gasteiger partial charge in [-0.05, 0) is 28.1 Å². The van der Waals surface area contributed by atoms with Crippen LogP contribution in [0.15, 0.2) is 40.5 Å². The first kappa shape index (κ1) is 13.2. The zero-order valence-corrected chi connectivity index (χ0v) is 10.7. The van der Waals surface area contributed by atoms with Crippen LogP contribution in [0.25, 0.3) is 0 Å². The van der Waals surface area contributed by atoms with Crippen molar-refractivity contribution in [2.45, 2.75) is 0 Å². The number of ether oxygens (including phenoxy) is 1. The van der Waals surface area contributed by atoms with Gasteiger partial charge >= 0.3 is 5.97 Å². The minimum atomic E-state index is -0.744. The van der Waals surface area contributed by atoms with Crippen LogP contribution in [0.3, 0.4) is 0 Å². The highest BCUT2D eigenvalue weighted by Gasteiger charge is 2.09. The average molecular weight is 299 g/mol. The molecular weight excluding hydrogens is 288 g/mol. The molecule has 3 N–H and O–H groups in total. The summed E-state index contributed by atoms with van der Waals surface area (Å²) in [5.41, 5.74) is 5.73. The molecule has 0 radical (unpaired) electrons. The van der Waals surface area contributed by atoms with E-state index in [0.717, 1.165) is 10.5 Å². The fraction of sp³-hybridized carbons (Fsp3) is 0.0909. The van der Waals surface area contributed by atoms with Crippen molar-refractivity contribution in [2.24, 2.45) is 5.73 Å². The highest BCUT2D eigenvalue weighted by atomic mass is 79.9. The summed E-state index contributed by atoms with van der Waals surface area (Å²) in [5.74, 6) is -1.40. The number of methoxy groups -OCH3 is 1. The molecule has 1 aromatic rings. The summed E-state index contributed by atoms with van der Waals surface area (Å²) in [6.45, 7) is 0. The Kier molecular flexibility index (Phi) is 4.71. The summed E-state index contributed by atoms with van der Waals surface area (Å²) in [5, 5.41) is 2.75. The molecule has 0 saturated heterocycles. The summed E-state index contributed by atoms with van der Waals surface area (Å²) in [7, 11) is 1.22. The number of benzene rings is 1. The number of hydrogen-bond donors (Lipinski definition) is 2. The van der Waals surface area contributed by atoms with Crippen LogP contribution in [0.2, 0.25) is 0 Å². The Morgan fingerprint density at radius 2 is 2.06 bits per heavy atom. The molecule has 0 fully saturated rings. The quantitative estimate of drug-likeness (QED) is 0.650. The van der Waals surface area contributed by atoms with Gasteiger partial charge in [-0.1, -0.05) is 12.1 Å². The maximum Gasteiger partial charge on any atom is 0.332 e. The number of carbonyl (C=O) groups is 2. The lowest BCUT2D eigenvalue weighted by molar-refractivity contribution is -0.135. The van der Waals surface area contributed by atoms with Crippen molar-refractivity contribution in [3.05, 3.63) is 40.5 Å². The third-order valence-electron chi connectivity index (χ3n) is 1.87. The third-order valence-corrected chi connectivity index (χ3v) is 2.56. The number of nitrogens with two attached hydrogens (primary N) is 1. The average Bonchev–Trinajstić information content (AvgIpc) is 2.30. The van der Waals surface area contributed by atoms with Crippen molar-refractivity contribution in [3.8, 4) is 0 Å². The van der Waals surface area contributed by atoms with Crippen LogP contribution >= 0.6 is 15.9 Å². The SMILES string of the molecule is COC(=O)/C=C(\Nc1ccccc1Br)C(N)=O. The lowest BCUT2D eigenvalue weighted by Crippen LogP contribution is -2.21. The molecule has 0 atom stereocenters. The van der Waals surface area contributed by atoms with Crippen molar-refractivity contribution < 1.29 is 14.3 Å². The monoisotopic (exact) mass is 298 g/mol. The Bertz CT molecular complexity index is 472. The first-order chi connectivity index (χ1) is 8.04. The number of primary amides is 1. The lowest BCUT2D eigenvalue weighted by Gasteiger charge is -2.09. The van der Waals surface area contributed by atoms with Crippen LogP contribution in [0, 0.1) is 0 Å². The van der Waals surface area contributed by atoms with Crippen molar-refractivity contribution in [1.82, 2.24) is 0 Å². The molecule has 0 heterocycles. The number of anilines is 1. The number of para-hydroxylation sites is 1. The van der Waals surface area contributed by atoms with Gasteiger partial charge in [-0.3, -0.25) is 4.79 Å². The van der Waals surface area contributed by atoms with Crippen LogP contribution in [0.1, 0.15) is 0 Å².